The van der Waals surface area contributed by atoms with Crippen LogP contribution in [0.25, 0.3) is 0 Å². The van der Waals surface area contributed by atoms with Crippen LogP contribution >= 0.6 is 0 Å². The summed E-state index contributed by atoms with van der Waals surface area (Å²) in [4.78, 5) is 11.4. The number of fused-ring (bicyclic) bond motifs is 5. The molecule has 0 unspecified atom stereocenters. The molecule has 0 amide bonds. The molecule has 0 bridgehead atoms. The van der Waals surface area contributed by atoms with Crippen molar-refractivity contribution in [3.05, 3.63) is 11.6 Å². The van der Waals surface area contributed by atoms with Gasteiger partial charge in [-0.3, -0.25) is 4.79 Å². The van der Waals surface area contributed by atoms with E-state index in [1.807, 2.05) is 6.92 Å². The predicted octanol–water partition coefficient (Wildman–Crippen LogP) is 5.35. The first kappa shape index (κ1) is 19.0. The van der Waals surface area contributed by atoms with Crippen LogP contribution in [0.1, 0.15) is 79.1 Å². The molecule has 0 saturated heterocycles. The molecule has 3 fully saturated rings. The van der Waals surface area contributed by atoms with Gasteiger partial charge in [0.25, 0.3) is 0 Å². The molecule has 3 saturated carbocycles. The summed E-state index contributed by atoms with van der Waals surface area (Å²) in [6, 6.07) is 0. The van der Waals surface area contributed by atoms with E-state index < -0.39 is 0 Å². The average molecular weight is 374 g/mol. The largest absolute Gasteiger partial charge is 0.462 e. The van der Waals surface area contributed by atoms with Crippen molar-refractivity contribution in [2.75, 3.05) is 0 Å². The highest BCUT2D eigenvalue weighted by molar-refractivity contribution is 5.85. The average Bonchev–Trinajstić information content (AvgIpc) is 2.98. The highest BCUT2D eigenvalue weighted by Gasteiger charge is 2.59. The van der Waals surface area contributed by atoms with E-state index in [9.17, 15) is 10.0 Å². The van der Waals surface area contributed by atoms with E-state index in [-0.39, 0.29) is 22.9 Å². The number of carbonyl (C=O) groups excluding carboxylic acids is 1. The number of rotatable bonds is 2. The van der Waals surface area contributed by atoms with Crippen LogP contribution in [0.15, 0.2) is 16.8 Å². The molecular formula is C23H35NO3. The summed E-state index contributed by atoms with van der Waals surface area (Å²) in [5.41, 5.74) is 3.04. The second-order valence-corrected chi connectivity index (χ2v) is 10.1. The van der Waals surface area contributed by atoms with Gasteiger partial charge in [0.1, 0.15) is 6.10 Å². The van der Waals surface area contributed by atoms with E-state index in [2.05, 4.69) is 25.1 Å². The number of carbonyl (C=O) groups is 1. The lowest BCUT2D eigenvalue weighted by atomic mass is 9.47. The molecule has 0 radical (unpaired) electrons. The Kier molecular flexibility index (Phi) is 4.67. The van der Waals surface area contributed by atoms with Crippen LogP contribution in [0.2, 0.25) is 0 Å². The van der Waals surface area contributed by atoms with E-state index in [4.69, 9.17) is 4.74 Å². The molecule has 4 aliphatic carbocycles. The summed E-state index contributed by atoms with van der Waals surface area (Å²) in [6.07, 6.45) is 11.8. The predicted molar refractivity (Wildman–Crippen MR) is 106 cm³/mol. The van der Waals surface area contributed by atoms with Gasteiger partial charge in [-0.25, -0.2) is 0 Å². The van der Waals surface area contributed by atoms with Gasteiger partial charge in [-0.2, -0.15) is 0 Å². The topological polar surface area (TPSA) is 58.9 Å². The molecule has 4 rings (SSSR count). The fourth-order valence-corrected chi connectivity index (χ4v) is 7.72. The van der Waals surface area contributed by atoms with Gasteiger partial charge in [0.2, 0.25) is 0 Å². The molecule has 27 heavy (non-hydrogen) atoms. The Hall–Kier alpha value is -1.32. The highest BCUT2D eigenvalue weighted by Crippen LogP contribution is 2.66. The van der Waals surface area contributed by atoms with Gasteiger partial charge in [-0.05, 0) is 80.5 Å². The number of hydrogen-bond donors (Lipinski definition) is 1. The van der Waals surface area contributed by atoms with Gasteiger partial charge in [0.05, 0.1) is 5.71 Å². The first-order valence-electron chi connectivity index (χ1n) is 10.8. The molecule has 1 N–H and O–H groups in total. The fourth-order valence-electron chi connectivity index (χ4n) is 7.72. The molecule has 0 aromatic heterocycles. The number of oxime groups is 1. The molecular weight excluding hydrogens is 338 g/mol. The zero-order valence-electron chi connectivity index (χ0n) is 17.3. The van der Waals surface area contributed by atoms with Gasteiger partial charge < -0.3 is 9.94 Å². The second kappa shape index (κ2) is 6.63. The lowest BCUT2D eigenvalue weighted by molar-refractivity contribution is -0.148. The van der Waals surface area contributed by atoms with E-state index in [0.717, 1.165) is 42.7 Å². The quantitative estimate of drug-likeness (QED) is 0.233. The Balaban J connectivity index is 1.58. The molecule has 7 atom stereocenters. The highest BCUT2D eigenvalue weighted by atomic mass is 16.5. The minimum atomic E-state index is -0.149. The fraction of sp³-hybridized carbons (Fsp3) is 0.826. The van der Waals surface area contributed by atoms with Gasteiger partial charge in [0.15, 0.2) is 0 Å². The molecule has 0 heterocycles. The second-order valence-electron chi connectivity index (χ2n) is 10.1. The summed E-state index contributed by atoms with van der Waals surface area (Å²) in [5.74, 6) is 2.52. The van der Waals surface area contributed by atoms with Crippen molar-refractivity contribution in [2.45, 2.75) is 85.2 Å². The Morgan fingerprint density at radius 1 is 1.15 bits per heavy atom. The normalized spacial score (nSPS) is 46.7. The molecule has 4 aliphatic rings. The Bertz CT molecular complexity index is 683. The number of ether oxygens (including phenoxy) is 1. The first-order valence-corrected chi connectivity index (χ1v) is 10.8. The van der Waals surface area contributed by atoms with Crippen LogP contribution in [-0.2, 0) is 9.53 Å². The minimum Gasteiger partial charge on any atom is -0.462 e. The van der Waals surface area contributed by atoms with Crippen molar-refractivity contribution in [1.82, 2.24) is 0 Å². The number of allylic oxidation sites excluding steroid dienone is 1. The molecule has 0 aromatic rings. The van der Waals surface area contributed by atoms with Crippen LogP contribution in [0, 0.1) is 34.5 Å². The maximum absolute atomic E-state index is 11.4. The SMILES string of the molecule is CC(=O)O[C@H]1CC[C@@]2(C)C(=CC[C@H]3[C@H]4CC[C@H](/C(C)=N/O)[C@@]4(C)CC[C@H]32)C1. The number of esters is 1. The first-order chi connectivity index (χ1) is 12.8. The van der Waals surface area contributed by atoms with Crippen LogP contribution < -0.4 is 0 Å². The van der Waals surface area contributed by atoms with Crippen molar-refractivity contribution in [1.29, 1.82) is 0 Å². The number of hydrogen-bond acceptors (Lipinski definition) is 4. The van der Waals surface area contributed by atoms with Gasteiger partial charge in [0, 0.05) is 19.3 Å². The molecule has 4 heteroatoms. The summed E-state index contributed by atoms with van der Waals surface area (Å²) < 4.78 is 5.54. The van der Waals surface area contributed by atoms with Crippen LogP contribution in [-0.4, -0.2) is 23.0 Å². The molecule has 0 aliphatic heterocycles. The summed E-state index contributed by atoms with van der Waals surface area (Å²) in [7, 11) is 0. The zero-order valence-corrected chi connectivity index (χ0v) is 17.3. The van der Waals surface area contributed by atoms with Gasteiger partial charge >= 0.3 is 5.97 Å². The lowest BCUT2D eigenvalue weighted by Gasteiger charge is -2.58. The van der Waals surface area contributed by atoms with Crippen molar-refractivity contribution in [2.24, 2.45) is 39.7 Å². The third-order valence-electron chi connectivity index (χ3n) is 9.05. The molecule has 0 aromatic carbocycles. The zero-order chi connectivity index (χ0) is 19.4. The summed E-state index contributed by atoms with van der Waals surface area (Å²) in [5, 5.41) is 12.9. The van der Waals surface area contributed by atoms with Crippen molar-refractivity contribution in [3.63, 3.8) is 0 Å². The Morgan fingerprint density at radius 2 is 1.93 bits per heavy atom. The molecule has 150 valence electrons. The maximum Gasteiger partial charge on any atom is 0.302 e. The standard InChI is InChI=1S/C23H35NO3/c1-14(24-26)19-7-8-20-18-6-5-16-13-17(27-15(2)25)9-11-22(16,3)21(18)10-12-23(19,20)4/h5,17-21,26H,6-13H2,1-4H3/b24-14+/t17-,18-,19+,20+,21+,22-,23+/m0/s1. The van der Waals surface area contributed by atoms with Gasteiger partial charge in [-0.1, -0.05) is 30.7 Å². The third kappa shape index (κ3) is 2.86. The minimum absolute atomic E-state index is 0.0755. The number of nitrogens with zero attached hydrogens (tertiary/aromatic N) is 1. The maximum atomic E-state index is 11.4. The van der Waals surface area contributed by atoms with Crippen molar-refractivity contribution >= 4 is 11.7 Å². The summed E-state index contributed by atoms with van der Waals surface area (Å²) >= 11 is 0. The van der Waals surface area contributed by atoms with Crippen molar-refractivity contribution in [3.8, 4) is 0 Å². The monoisotopic (exact) mass is 373 g/mol. The molecule has 4 nitrogen and oxygen atoms in total. The van der Waals surface area contributed by atoms with E-state index in [1.165, 1.54) is 39.0 Å². The summed E-state index contributed by atoms with van der Waals surface area (Å²) in [6.45, 7) is 8.46. The molecule has 0 spiro atoms. The van der Waals surface area contributed by atoms with Crippen molar-refractivity contribution < 1.29 is 14.7 Å². The third-order valence-corrected chi connectivity index (χ3v) is 9.05. The Morgan fingerprint density at radius 3 is 2.63 bits per heavy atom. The van der Waals surface area contributed by atoms with E-state index in [1.54, 1.807) is 5.57 Å². The van der Waals surface area contributed by atoms with E-state index in [0.29, 0.717) is 5.92 Å². The van der Waals surface area contributed by atoms with Crippen LogP contribution in [0.4, 0.5) is 0 Å². The van der Waals surface area contributed by atoms with Crippen LogP contribution in [0.3, 0.4) is 0 Å². The van der Waals surface area contributed by atoms with Crippen LogP contribution in [0.5, 0.6) is 0 Å². The van der Waals surface area contributed by atoms with Gasteiger partial charge in [-0.15, -0.1) is 0 Å². The Labute approximate surface area is 163 Å². The van der Waals surface area contributed by atoms with E-state index >= 15 is 0 Å². The smallest absolute Gasteiger partial charge is 0.302 e. The lowest BCUT2D eigenvalue weighted by Crippen LogP contribution is -2.51.